The summed E-state index contributed by atoms with van der Waals surface area (Å²) in [6.07, 6.45) is 1.93. The van der Waals surface area contributed by atoms with Gasteiger partial charge in [0.15, 0.2) is 0 Å². The normalized spacial score (nSPS) is 23.2. The van der Waals surface area contributed by atoms with E-state index in [9.17, 15) is 0 Å². The minimum atomic E-state index is 0.267. The average Bonchev–Trinajstić information content (AvgIpc) is 1.96. The highest BCUT2D eigenvalue weighted by atomic mass is 32.1. The number of thiocarbonyl (C=S) groups is 1. The maximum absolute atomic E-state index is 5.69. The fourth-order valence-electron chi connectivity index (χ4n) is 1.06. The number of nitrogens with one attached hydrogen (secondary N) is 1. The van der Waals surface area contributed by atoms with Crippen molar-refractivity contribution in [1.82, 2.24) is 5.32 Å². The minimum Gasteiger partial charge on any atom is -0.389 e. The first-order chi connectivity index (χ1) is 5.52. The van der Waals surface area contributed by atoms with Gasteiger partial charge in [-0.1, -0.05) is 17.8 Å². The monoisotopic (exact) mass is 183 g/mol. The van der Waals surface area contributed by atoms with E-state index in [-0.39, 0.29) is 6.04 Å². The third-order valence-electron chi connectivity index (χ3n) is 1.98. The van der Waals surface area contributed by atoms with Crippen LogP contribution in [-0.4, -0.2) is 11.0 Å². The fraction of sp³-hybridized carbons (Fsp3) is 0.375. The molecule has 5 N–H and O–H groups in total. The molecule has 1 unspecified atom stereocenters. The second kappa shape index (κ2) is 3.15. The van der Waals surface area contributed by atoms with Crippen molar-refractivity contribution < 1.29 is 0 Å². The van der Waals surface area contributed by atoms with E-state index in [0.717, 1.165) is 5.57 Å². The van der Waals surface area contributed by atoms with E-state index in [1.807, 2.05) is 19.9 Å². The van der Waals surface area contributed by atoms with E-state index >= 15 is 0 Å². The summed E-state index contributed by atoms with van der Waals surface area (Å²) in [5.74, 6) is 0.570. The number of hydrogen-bond acceptors (Lipinski definition) is 3. The zero-order valence-electron chi connectivity index (χ0n) is 7.22. The van der Waals surface area contributed by atoms with Gasteiger partial charge in [0.2, 0.25) is 0 Å². The molecule has 1 atom stereocenters. The maximum atomic E-state index is 5.69. The zero-order valence-corrected chi connectivity index (χ0v) is 8.03. The molecule has 12 heavy (non-hydrogen) atoms. The van der Waals surface area contributed by atoms with E-state index in [2.05, 4.69) is 5.32 Å². The SMILES string of the molecule is CC1=CC(C(N)=S)=C(N)NC1C. The molecule has 0 radical (unpaired) electrons. The molecular weight excluding hydrogens is 170 g/mol. The van der Waals surface area contributed by atoms with Crippen LogP contribution in [-0.2, 0) is 0 Å². The Bertz CT molecular complexity index is 278. The average molecular weight is 183 g/mol. The molecule has 0 aromatic carbocycles. The Morgan fingerprint density at radius 1 is 1.67 bits per heavy atom. The highest BCUT2D eigenvalue weighted by Crippen LogP contribution is 2.14. The van der Waals surface area contributed by atoms with Crippen LogP contribution in [0.1, 0.15) is 13.8 Å². The Morgan fingerprint density at radius 3 is 2.75 bits per heavy atom. The quantitative estimate of drug-likeness (QED) is 0.514. The van der Waals surface area contributed by atoms with E-state index in [0.29, 0.717) is 10.8 Å². The van der Waals surface area contributed by atoms with Gasteiger partial charge in [0.25, 0.3) is 0 Å². The minimum absolute atomic E-state index is 0.267. The number of nitrogens with two attached hydrogens (primary N) is 2. The van der Waals surface area contributed by atoms with Crippen LogP contribution >= 0.6 is 12.2 Å². The Hall–Kier alpha value is -1.03. The topological polar surface area (TPSA) is 64.1 Å². The predicted molar refractivity (Wildman–Crippen MR) is 54.4 cm³/mol. The molecule has 0 spiro atoms. The van der Waals surface area contributed by atoms with E-state index in [4.69, 9.17) is 23.7 Å². The van der Waals surface area contributed by atoms with Gasteiger partial charge in [0, 0.05) is 11.6 Å². The Kier molecular flexibility index (Phi) is 2.38. The van der Waals surface area contributed by atoms with Crippen LogP contribution in [0.2, 0.25) is 0 Å². The van der Waals surface area contributed by atoms with Crippen LogP contribution in [0.15, 0.2) is 23.0 Å². The highest BCUT2D eigenvalue weighted by molar-refractivity contribution is 7.80. The van der Waals surface area contributed by atoms with Gasteiger partial charge in [-0.25, -0.2) is 0 Å². The van der Waals surface area contributed by atoms with Crippen molar-refractivity contribution in [2.45, 2.75) is 19.9 Å². The highest BCUT2D eigenvalue weighted by Gasteiger charge is 2.15. The summed E-state index contributed by atoms with van der Waals surface area (Å²) in [6, 6.07) is 0.267. The van der Waals surface area contributed by atoms with Crippen molar-refractivity contribution in [3.63, 3.8) is 0 Å². The van der Waals surface area contributed by atoms with Gasteiger partial charge < -0.3 is 16.8 Å². The fourth-order valence-corrected chi connectivity index (χ4v) is 1.23. The van der Waals surface area contributed by atoms with Crippen molar-refractivity contribution in [3.8, 4) is 0 Å². The molecular formula is C8H13N3S. The van der Waals surface area contributed by atoms with Crippen LogP contribution in [0.3, 0.4) is 0 Å². The van der Waals surface area contributed by atoms with Crippen LogP contribution in [0.5, 0.6) is 0 Å². The smallest absolute Gasteiger partial charge is 0.107 e. The van der Waals surface area contributed by atoms with Crippen LogP contribution < -0.4 is 16.8 Å². The van der Waals surface area contributed by atoms with Gasteiger partial charge in [0.05, 0.1) is 0 Å². The van der Waals surface area contributed by atoms with Gasteiger partial charge in [-0.05, 0) is 19.9 Å². The maximum Gasteiger partial charge on any atom is 0.107 e. The van der Waals surface area contributed by atoms with E-state index < -0.39 is 0 Å². The summed E-state index contributed by atoms with van der Waals surface area (Å²) in [4.78, 5) is 0.339. The molecule has 0 saturated carbocycles. The second-order valence-corrected chi connectivity index (χ2v) is 3.39. The summed E-state index contributed by atoms with van der Waals surface area (Å²) >= 11 is 4.84. The van der Waals surface area contributed by atoms with Crippen molar-refractivity contribution in [1.29, 1.82) is 0 Å². The standard InChI is InChI=1S/C8H13N3S/c1-4-3-6(8(10)12)7(9)11-5(4)2/h3,5,11H,9H2,1-2H3,(H2,10,12). The van der Waals surface area contributed by atoms with Crippen LogP contribution in [0.25, 0.3) is 0 Å². The Morgan fingerprint density at radius 2 is 2.25 bits per heavy atom. The van der Waals surface area contributed by atoms with E-state index in [1.54, 1.807) is 0 Å². The van der Waals surface area contributed by atoms with Gasteiger partial charge in [0.1, 0.15) is 10.8 Å². The third-order valence-corrected chi connectivity index (χ3v) is 2.20. The first kappa shape index (κ1) is 9.06. The van der Waals surface area contributed by atoms with Crippen molar-refractivity contribution in [3.05, 3.63) is 23.0 Å². The van der Waals surface area contributed by atoms with Crippen LogP contribution in [0, 0.1) is 0 Å². The van der Waals surface area contributed by atoms with Crippen molar-refractivity contribution in [2.24, 2.45) is 11.5 Å². The van der Waals surface area contributed by atoms with Gasteiger partial charge in [-0.3, -0.25) is 0 Å². The summed E-state index contributed by atoms with van der Waals surface area (Å²) in [7, 11) is 0. The molecule has 0 aromatic rings. The first-order valence-electron chi connectivity index (χ1n) is 3.76. The molecule has 0 aromatic heterocycles. The largest absolute Gasteiger partial charge is 0.389 e. The number of dihydropyridines is 1. The van der Waals surface area contributed by atoms with Crippen molar-refractivity contribution in [2.75, 3.05) is 0 Å². The van der Waals surface area contributed by atoms with Gasteiger partial charge in [-0.15, -0.1) is 0 Å². The lowest BCUT2D eigenvalue weighted by Crippen LogP contribution is -2.36. The molecule has 0 aliphatic carbocycles. The summed E-state index contributed by atoms with van der Waals surface area (Å²) in [6.45, 7) is 4.05. The second-order valence-electron chi connectivity index (χ2n) is 2.95. The molecule has 66 valence electrons. The van der Waals surface area contributed by atoms with Crippen molar-refractivity contribution >= 4 is 17.2 Å². The summed E-state index contributed by atoms with van der Waals surface area (Å²) in [5, 5.41) is 3.08. The molecule has 0 amide bonds. The molecule has 1 aliphatic rings. The molecule has 4 heteroatoms. The molecule has 3 nitrogen and oxygen atoms in total. The summed E-state index contributed by atoms with van der Waals surface area (Å²) in [5.41, 5.74) is 13.1. The Balaban J connectivity index is 3.02. The molecule has 0 fully saturated rings. The molecule has 1 heterocycles. The summed E-state index contributed by atoms with van der Waals surface area (Å²) < 4.78 is 0. The molecule has 0 saturated heterocycles. The molecule has 0 bridgehead atoms. The predicted octanol–water partition coefficient (Wildman–Crippen LogP) is 0.381. The lowest BCUT2D eigenvalue weighted by atomic mass is 10.0. The molecule has 1 aliphatic heterocycles. The Labute approximate surface area is 77.5 Å². The van der Waals surface area contributed by atoms with Gasteiger partial charge >= 0.3 is 0 Å². The van der Waals surface area contributed by atoms with Crippen LogP contribution in [0.4, 0.5) is 0 Å². The lowest BCUT2D eigenvalue weighted by Gasteiger charge is -2.23. The van der Waals surface area contributed by atoms with Gasteiger partial charge in [-0.2, -0.15) is 0 Å². The first-order valence-corrected chi connectivity index (χ1v) is 4.17. The lowest BCUT2D eigenvalue weighted by molar-refractivity contribution is 0.671. The number of rotatable bonds is 1. The molecule has 1 rings (SSSR count). The van der Waals surface area contributed by atoms with E-state index in [1.165, 1.54) is 5.57 Å². The zero-order chi connectivity index (χ0) is 9.30. The third kappa shape index (κ3) is 1.58. The number of hydrogen-bond donors (Lipinski definition) is 3.